The van der Waals surface area contributed by atoms with Gasteiger partial charge in [0, 0.05) is 6.04 Å². The molecule has 0 aliphatic carbocycles. The number of rotatable bonds is 5. The highest BCUT2D eigenvalue weighted by Gasteiger charge is 2.09. The molecule has 0 spiro atoms. The quantitative estimate of drug-likeness (QED) is 0.782. The highest BCUT2D eigenvalue weighted by molar-refractivity contribution is 6.32. The molecule has 1 N–H and O–H groups in total. The average molecular weight is 228 g/mol. The van der Waals surface area contributed by atoms with Crippen molar-refractivity contribution in [1.82, 2.24) is 5.32 Å². The molecule has 82 valence electrons. The number of carbonyl (C=O) groups excluding carboxylic acids is 1. The van der Waals surface area contributed by atoms with Gasteiger partial charge in [-0.1, -0.05) is 23.7 Å². The Bertz CT molecular complexity index is 341. The fraction of sp³-hybridized carbons (Fsp3) is 0.364. The van der Waals surface area contributed by atoms with Crippen LogP contribution < -0.4 is 10.1 Å². The van der Waals surface area contributed by atoms with Crippen LogP contribution in [0.25, 0.3) is 0 Å². The van der Waals surface area contributed by atoms with Gasteiger partial charge in [0.25, 0.3) is 0 Å². The molecule has 0 radical (unpaired) electrons. The lowest BCUT2D eigenvalue weighted by atomic mass is 10.1. The van der Waals surface area contributed by atoms with E-state index in [4.69, 9.17) is 16.3 Å². The molecule has 0 bridgehead atoms. The predicted molar refractivity (Wildman–Crippen MR) is 60.4 cm³/mol. The Labute approximate surface area is 94.4 Å². The average Bonchev–Trinajstić information content (AvgIpc) is 2.21. The maximum absolute atomic E-state index is 10.2. The van der Waals surface area contributed by atoms with Crippen molar-refractivity contribution in [1.29, 1.82) is 0 Å². The third-order valence-electron chi connectivity index (χ3n) is 2.14. The van der Waals surface area contributed by atoms with Crippen LogP contribution in [0.4, 0.5) is 0 Å². The van der Waals surface area contributed by atoms with Crippen molar-refractivity contribution < 1.29 is 9.53 Å². The summed E-state index contributed by atoms with van der Waals surface area (Å²) in [5.41, 5.74) is 0.970. The lowest BCUT2D eigenvalue weighted by Crippen LogP contribution is -2.26. The molecule has 1 amide bonds. The van der Waals surface area contributed by atoms with Gasteiger partial charge in [0.05, 0.1) is 12.1 Å². The summed E-state index contributed by atoms with van der Waals surface area (Å²) in [7, 11) is 1.58. The minimum Gasteiger partial charge on any atom is -0.495 e. The summed E-state index contributed by atoms with van der Waals surface area (Å²) < 4.78 is 5.11. The van der Waals surface area contributed by atoms with Crippen LogP contribution in [0.3, 0.4) is 0 Å². The second-order valence-corrected chi connectivity index (χ2v) is 3.70. The number of benzene rings is 1. The van der Waals surface area contributed by atoms with E-state index in [0.717, 1.165) is 5.56 Å². The van der Waals surface area contributed by atoms with Crippen molar-refractivity contribution >= 4 is 18.0 Å². The molecule has 1 rings (SSSR count). The summed E-state index contributed by atoms with van der Waals surface area (Å²) in [5.74, 6) is 0.660. The summed E-state index contributed by atoms with van der Waals surface area (Å²) in [6, 6.07) is 5.68. The van der Waals surface area contributed by atoms with Crippen LogP contribution in [-0.2, 0) is 11.2 Å². The Balaban J connectivity index is 2.80. The molecule has 0 aliphatic rings. The highest BCUT2D eigenvalue weighted by atomic mass is 35.5. The van der Waals surface area contributed by atoms with Crippen LogP contribution in [0.15, 0.2) is 18.2 Å². The number of amides is 1. The molecule has 1 atom stereocenters. The maximum atomic E-state index is 10.2. The van der Waals surface area contributed by atoms with Crippen molar-refractivity contribution in [3.05, 3.63) is 28.8 Å². The van der Waals surface area contributed by atoms with Crippen molar-refractivity contribution in [3.8, 4) is 5.75 Å². The molecule has 4 heteroatoms. The van der Waals surface area contributed by atoms with Gasteiger partial charge >= 0.3 is 0 Å². The van der Waals surface area contributed by atoms with Crippen LogP contribution in [0.5, 0.6) is 5.75 Å². The largest absolute Gasteiger partial charge is 0.495 e. The molecule has 3 nitrogen and oxygen atoms in total. The minimum absolute atomic E-state index is 0.0621. The first-order valence-corrected chi connectivity index (χ1v) is 5.08. The van der Waals surface area contributed by atoms with Gasteiger partial charge in [0.1, 0.15) is 5.75 Å². The summed E-state index contributed by atoms with van der Waals surface area (Å²) in [6.45, 7) is 1.92. The van der Waals surface area contributed by atoms with E-state index in [0.29, 0.717) is 23.6 Å². The van der Waals surface area contributed by atoms with E-state index >= 15 is 0 Å². The zero-order valence-electron chi connectivity index (χ0n) is 8.79. The Morgan fingerprint density at radius 3 is 2.93 bits per heavy atom. The lowest BCUT2D eigenvalue weighted by Gasteiger charge is -2.12. The highest BCUT2D eigenvalue weighted by Crippen LogP contribution is 2.28. The number of hydrogen-bond donors (Lipinski definition) is 1. The maximum Gasteiger partial charge on any atom is 0.207 e. The first-order chi connectivity index (χ1) is 7.19. The van der Waals surface area contributed by atoms with Crippen LogP contribution >= 0.6 is 11.6 Å². The summed E-state index contributed by atoms with van der Waals surface area (Å²) in [4.78, 5) is 10.2. The van der Waals surface area contributed by atoms with Crippen molar-refractivity contribution in [2.24, 2.45) is 0 Å². The minimum atomic E-state index is 0.0621. The van der Waals surface area contributed by atoms with Gasteiger partial charge in [-0.05, 0) is 25.0 Å². The Kier molecular flexibility index (Phi) is 4.43. The molecular weight excluding hydrogens is 214 g/mol. The molecule has 0 saturated heterocycles. The van der Waals surface area contributed by atoms with E-state index in [1.807, 2.05) is 25.1 Å². The SMILES string of the molecule is COc1cccc(C[C@@H](C)NC=O)c1Cl. The van der Waals surface area contributed by atoms with E-state index in [2.05, 4.69) is 5.32 Å². The first-order valence-electron chi connectivity index (χ1n) is 4.70. The van der Waals surface area contributed by atoms with Gasteiger partial charge in [-0.2, -0.15) is 0 Å². The molecule has 1 aromatic rings. The molecule has 1 aromatic carbocycles. The van der Waals surface area contributed by atoms with Gasteiger partial charge in [-0.15, -0.1) is 0 Å². The monoisotopic (exact) mass is 227 g/mol. The Morgan fingerprint density at radius 1 is 1.60 bits per heavy atom. The van der Waals surface area contributed by atoms with Gasteiger partial charge in [-0.25, -0.2) is 0 Å². The Hall–Kier alpha value is -1.22. The summed E-state index contributed by atoms with van der Waals surface area (Å²) in [6.07, 6.45) is 1.38. The van der Waals surface area contributed by atoms with Crippen molar-refractivity contribution in [3.63, 3.8) is 0 Å². The standard InChI is InChI=1S/C11H14ClNO2/c1-8(13-7-14)6-9-4-3-5-10(15-2)11(9)12/h3-5,7-8H,6H2,1-2H3,(H,13,14)/t8-/m1/s1. The zero-order chi connectivity index (χ0) is 11.3. The van der Waals surface area contributed by atoms with E-state index in [9.17, 15) is 4.79 Å². The number of halogens is 1. The predicted octanol–water partition coefficient (Wildman–Crippen LogP) is 2.03. The summed E-state index contributed by atoms with van der Waals surface area (Å²) >= 11 is 6.11. The first kappa shape index (κ1) is 11.9. The molecule has 0 fully saturated rings. The topological polar surface area (TPSA) is 38.3 Å². The third kappa shape index (κ3) is 3.13. The van der Waals surface area contributed by atoms with Crippen molar-refractivity contribution in [2.75, 3.05) is 7.11 Å². The normalized spacial score (nSPS) is 11.9. The lowest BCUT2D eigenvalue weighted by molar-refractivity contribution is -0.110. The van der Waals surface area contributed by atoms with Gasteiger partial charge < -0.3 is 10.1 Å². The number of methoxy groups -OCH3 is 1. The second kappa shape index (κ2) is 5.61. The van der Waals surface area contributed by atoms with E-state index < -0.39 is 0 Å². The van der Waals surface area contributed by atoms with Crippen LogP contribution in [0.1, 0.15) is 12.5 Å². The fourth-order valence-electron chi connectivity index (χ4n) is 1.38. The van der Waals surface area contributed by atoms with Gasteiger partial charge in [-0.3, -0.25) is 4.79 Å². The smallest absolute Gasteiger partial charge is 0.207 e. The van der Waals surface area contributed by atoms with Gasteiger partial charge in [0.2, 0.25) is 6.41 Å². The van der Waals surface area contributed by atoms with E-state index in [-0.39, 0.29) is 6.04 Å². The van der Waals surface area contributed by atoms with E-state index in [1.165, 1.54) is 0 Å². The molecule has 0 aliphatic heterocycles. The summed E-state index contributed by atoms with van der Waals surface area (Å²) in [5, 5.41) is 3.29. The Morgan fingerprint density at radius 2 is 2.33 bits per heavy atom. The third-order valence-corrected chi connectivity index (χ3v) is 2.57. The van der Waals surface area contributed by atoms with E-state index in [1.54, 1.807) is 7.11 Å². The molecule has 15 heavy (non-hydrogen) atoms. The zero-order valence-corrected chi connectivity index (χ0v) is 9.54. The molecule has 0 heterocycles. The van der Waals surface area contributed by atoms with Crippen molar-refractivity contribution in [2.45, 2.75) is 19.4 Å². The van der Waals surface area contributed by atoms with Crippen LogP contribution in [-0.4, -0.2) is 19.6 Å². The van der Waals surface area contributed by atoms with Gasteiger partial charge in [0.15, 0.2) is 0 Å². The fourth-order valence-corrected chi connectivity index (χ4v) is 1.66. The number of carbonyl (C=O) groups is 1. The second-order valence-electron chi connectivity index (χ2n) is 3.32. The number of hydrogen-bond acceptors (Lipinski definition) is 2. The number of ether oxygens (including phenoxy) is 1. The number of nitrogens with one attached hydrogen (secondary N) is 1. The molecular formula is C11H14ClNO2. The molecule has 0 unspecified atom stereocenters. The molecule has 0 aromatic heterocycles. The van der Waals surface area contributed by atoms with Crippen LogP contribution in [0.2, 0.25) is 5.02 Å². The molecule has 0 saturated carbocycles. The van der Waals surface area contributed by atoms with Crippen LogP contribution in [0, 0.1) is 0 Å².